The average molecular weight is 562 g/mol. The molecule has 1 aliphatic heterocycles. The second kappa shape index (κ2) is 11.8. The molecule has 0 spiro atoms. The van der Waals surface area contributed by atoms with E-state index in [-0.39, 0.29) is 18.7 Å². The van der Waals surface area contributed by atoms with Crippen LogP contribution in [0.3, 0.4) is 0 Å². The van der Waals surface area contributed by atoms with Gasteiger partial charge in [-0.25, -0.2) is 8.78 Å². The maximum atomic E-state index is 13.5. The number of nitrogens with zero attached hydrogens (tertiary/aromatic N) is 1. The number of benzene rings is 2. The van der Waals surface area contributed by atoms with Crippen LogP contribution in [0.5, 0.6) is 0 Å². The van der Waals surface area contributed by atoms with Crippen LogP contribution in [-0.2, 0) is 20.1 Å². The van der Waals surface area contributed by atoms with Crippen molar-refractivity contribution in [1.29, 1.82) is 0 Å². The lowest BCUT2D eigenvalue weighted by Gasteiger charge is -2.31. The van der Waals surface area contributed by atoms with Gasteiger partial charge in [0.1, 0.15) is 11.6 Å². The molecule has 2 aromatic rings. The van der Waals surface area contributed by atoms with Gasteiger partial charge in [-0.2, -0.15) is 0 Å². The van der Waals surface area contributed by atoms with Crippen molar-refractivity contribution in [1.82, 2.24) is 0 Å². The zero-order valence-corrected chi connectivity index (χ0v) is 20.4. The Morgan fingerprint density at radius 2 is 1.71 bits per heavy atom. The van der Waals surface area contributed by atoms with E-state index < -0.39 is 17.5 Å². The molecule has 5 nitrogen and oxygen atoms in total. The van der Waals surface area contributed by atoms with Gasteiger partial charge >= 0.3 is 0 Å². The zero-order chi connectivity index (χ0) is 23.0. The number of hydrogen-bond donors (Lipinski definition) is 1. The van der Waals surface area contributed by atoms with E-state index in [2.05, 4.69) is 36.9 Å². The van der Waals surface area contributed by atoms with E-state index in [1.807, 2.05) is 6.07 Å². The highest BCUT2D eigenvalue weighted by atomic mass is 79.9. The summed E-state index contributed by atoms with van der Waals surface area (Å²) in [4.78, 5) is 15.2. The first kappa shape index (κ1) is 25.6. The molecule has 0 unspecified atom stereocenters. The fourth-order valence-corrected chi connectivity index (χ4v) is 3.63. The molecule has 9 heteroatoms. The number of carbonyl (C=O) groups excluding carboxylic acids is 1. The van der Waals surface area contributed by atoms with Gasteiger partial charge in [-0.05, 0) is 74.5 Å². The van der Waals surface area contributed by atoms with Crippen LogP contribution in [0, 0.1) is 11.6 Å². The summed E-state index contributed by atoms with van der Waals surface area (Å²) in [7, 11) is 2.87. The van der Waals surface area contributed by atoms with Crippen molar-refractivity contribution in [3.63, 3.8) is 0 Å². The lowest BCUT2D eigenvalue weighted by atomic mass is 10.00. The van der Waals surface area contributed by atoms with Gasteiger partial charge in [0.2, 0.25) is 5.91 Å². The molecule has 0 bridgehead atoms. The Kier molecular flexibility index (Phi) is 9.74. The number of methoxy groups -OCH3 is 2. The van der Waals surface area contributed by atoms with Crippen LogP contribution < -0.4 is 5.73 Å². The van der Waals surface area contributed by atoms with E-state index in [1.165, 1.54) is 26.4 Å². The summed E-state index contributed by atoms with van der Waals surface area (Å²) >= 11 is 6.19. The first-order chi connectivity index (χ1) is 14.7. The van der Waals surface area contributed by atoms with E-state index in [9.17, 15) is 13.6 Å². The van der Waals surface area contributed by atoms with Crippen molar-refractivity contribution in [2.45, 2.75) is 31.5 Å². The number of halogens is 4. The standard InChI is InChI=1S/C12H15BrFNO3.C10H9BrFN/c1-17-12(18-2,6-5-11(15)16)8-3-4-9(13)10(14)7-8;11-8-4-3-7(6-9(8)12)10-2-1-5-13-10/h3-4,7H,5-6H2,1-2H3,(H2,15,16);3-4,6H,1-2,5H2. The first-order valence-corrected chi connectivity index (χ1v) is 11.1. The molecule has 3 rings (SSSR count). The molecule has 0 saturated carbocycles. The molecule has 0 aliphatic carbocycles. The lowest BCUT2D eigenvalue weighted by Crippen LogP contribution is -2.32. The van der Waals surface area contributed by atoms with Crippen molar-refractivity contribution in [2.24, 2.45) is 10.7 Å². The number of amides is 1. The molecule has 0 fully saturated rings. The van der Waals surface area contributed by atoms with Crippen LogP contribution in [0.15, 0.2) is 50.3 Å². The highest BCUT2D eigenvalue weighted by molar-refractivity contribution is 9.10. The van der Waals surface area contributed by atoms with Crippen LogP contribution >= 0.6 is 31.9 Å². The fourth-order valence-electron chi connectivity index (χ4n) is 3.14. The Morgan fingerprint density at radius 1 is 1.10 bits per heavy atom. The molecule has 0 saturated heterocycles. The van der Waals surface area contributed by atoms with Gasteiger partial charge in [0.25, 0.3) is 0 Å². The minimum absolute atomic E-state index is 0.0827. The van der Waals surface area contributed by atoms with E-state index in [0.29, 0.717) is 14.5 Å². The van der Waals surface area contributed by atoms with Crippen molar-refractivity contribution < 1.29 is 23.0 Å². The smallest absolute Gasteiger partial charge is 0.217 e. The van der Waals surface area contributed by atoms with Crippen LogP contribution in [0.4, 0.5) is 8.78 Å². The first-order valence-electron chi connectivity index (χ1n) is 9.55. The molecule has 31 heavy (non-hydrogen) atoms. The molecule has 1 amide bonds. The van der Waals surface area contributed by atoms with Gasteiger partial charge in [0.05, 0.1) is 8.95 Å². The summed E-state index contributed by atoms with van der Waals surface area (Å²) in [5, 5.41) is 0. The molecule has 0 radical (unpaired) electrons. The number of primary amides is 1. The average Bonchev–Trinajstić information content (AvgIpc) is 3.29. The topological polar surface area (TPSA) is 73.9 Å². The normalized spacial score (nSPS) is 13.4. The van der Waals surface area contributed by atoms with Crippen molar-refractivity contribution in [3.05, 3.63) is 68.1 Å². The lowest BCUT2D eigenvalue weighted by molar-refractivity contribution is -0.220. The maximum Gasteiger partial charge on any atom is 0.217 e. The predicted octanol–water partition coefficient (Wildman–Crippen LogP) is 5.47. The molecule has 1 aliphatic rings. The summed E-state index contributed by atoms with van der Waals surface area (Å²) in [6.07, 6.45) is 2.36. The Morgan fingerprint density at radius 3 is 2.19 bits per heavy atom. The molecule has 1 heterocycles. The number of ether oxygens (including phenoxy) is 2. The number of aliphatic imine (C=N–C) groups is 1. The highest BCUT2D eigenvalue weighted by Gasteiger charge is 2.33. The third kappa shape index (κ3) is 6.90. The summed E-state index contributed by atoms with van der Waals surface area (Å²) in [6.45, 7) is 0.882. The number of carbonyl (C=O) groups is 1. The largest absolute Gasteiger partial charge is 0.370 e. The van der Waals surface area contributed by atoms with Crippen LogP contribution in [0.25, 0.3) is 0 Å². The van der Waals surface area contributed by atoms with E-state index in [1.54, 1.807) is 18.2 Å². The zero-order valence-electron chi connectivity index (χ0n) is 17.3. The highest BCUT2D eigenvalue weighted by Crippen LogP contribution is 2.33. The van der Waals surface area contributed by atoms with Crippen LogP contribution in [0.2, 0.25) is 0 Å². The molecule has 2 aromatic carbocycles. The van der Waals surface area contributed by atoms with E-state index in [0.717, 1.165) is 30.7 Å². The number of hydrogen-bond acceptors (Lipinski definition) is 4. The summed E-state index contributed by atoms with van der Waals surface area (Å²) in [5.41, 5.74) is 7.55. The van der Waals surface area contributed by atoms with Crippen molar-refractivity contribution in [3.8, 4) is 0 Å². The van der Waals surface area contributed by atoms with E-state index in [4.69, 9.17) is 15.2 Å². The minimum Gasteiger partial charge on any atom is -0.370 e. The van der Waals surface area contributed by atoms with Gasteiger partial charge in [0.15, 0.2) is 5.79 Å². The van der Waals surface area contributed by atoms with Crippen LogP contribution in [-0.4, -0.2) is 32.4 Å². The second-order valence-corrected chi connectivity index (χ2v) is 8.53. The third-order valence-corrected chi connectivity index (χ3v) is 6.13. The summed E-state index contributed by atoms with van der Waals surface area (Å²) in [5.74, 6) is -2.28. The SMILES string of the molecule is COC(CCC(N)=O)(OC)c1ccc(Br)c(F)c1.Fc1cc(C2=NCCC2)ccc1Br. The molecule has 0 aromatic heterocycles. The van der Waals surface area contributed by atoms with E-state index >= 15 is 0 Å². The second-order valence-electron chi connectivity index (χ2n) is 6.82. The number of nitrogens with two attached hydrogens (primary N) is 1. The van der Waals surface area contributed by atoms with Crippen LogP contribution in [0.1, 0.15) is 36.8 Å². The quantitative estimate of drug-likeness (QED) is 0.455. The third-order valence-electron chi connectivity index (χ3n) is 4.85. The molecule has 0 atom stereocenters. The van der Waals surface area contributed by atoms with Gasteiger partial charge in [-0.3, -0.25) is 9.79 Å². The summed E-state index contributed by atoms with van der Waals surface area (Å²) < 4.78 is 38.1. The molecule has 2 N–H and O–H groups in total. The summed E-state index contributed by atoms with van der Waals surface area (Å²) in [6, 6.07) is 9.69. The Balaban J connectivity index is 0.000000231. The van der Waals surface area contributed by atoms with Gasteiger partial charge in [0, 0.05) is 44.9 Å². The Labute approximate surface area is 197 Å². The van der Waals surface area contributed by atoms with Gasteiger partial charge in [-0.15, -0.1) is 0 Å². The fraction of sp³-hybridized carbons (Fsp3) is 0.364. The Hall–Kier alpha value is -1.68. The van der Waals surface area contributed by atoms with Gasteiger partial charge < -0.3 is 15.2 Å². The molecular formula is C22H24Br2F2N2O3. The molecular weight excluding hydrogens is 538 g/mol. The van der Waals surface area contributed by atoms with Crippen molar-refractivity contribution >= 4 is 43.5 Å². The number of rotatable bonds is 7. The maximum absolute atomic E-state index is 13.5. The van der Waals surface area contributed by atoms with Gasteiger partial charge in [-0.1, -0.05) is 12.1 Å². The molecule has 168 valence electrons. The minimum atomic E-state index is -1.17. The monoisotopic (exact) mass is 560 g/mol. The van der Waals surface area contributed by atoms with Crippen molar-refractivity contribution in [2.75, 3.05) is 20.8 Å². The Bertz CT molecular complexity index is 950. The predicted molar refractivity (Wildman–Crippen MR) is 123 cm³/mol.